The van der Waals surface area contributed by atoms with Crippen molar-refractivity contribution < 1.29 is 19.5 Å². The lowest BCUT2D eigenvalue weighted by molar-refractivity contribution is -0.125. The molecule has 28 heavy (non-hydrogen) atoms. The maximum absolute atomic E-state index is 12.7. The Morgan fingerprint density at radius 2 is 2.29 bits per heavy atom. The number of piperidine rings is 1. The summed E-state index contributed by atoms with van der Waals surface area (Å²) < 4.78 is 5.11. The van der Waals surface area contributed by atoms with Gasteiger partial charge in [-0.2, -0.15) is 5.48 Å². The van der Waals surface area contributed by atoms with Crippen LogP contribution in [0.4, 0.5) is 0 Å². The number of rotatable bonds is 6. The molecule has 1 amide bonds. The van der Waals surface area contributed by atoms with Gasteiger partial charge in [0.1, 0.15) is 6.17 Å². The predicted molar refractivity (Wildman–Crippen MR) is 103 cm³/mol. The number of nitrogens with one attached hydrogen (secondary N) is 4. The van der Waals surface area contributed by atoms with E-state index in [9.17, 15) is 9.90 Å². The highest BCUT2D eigenvalue weighted by Gasteiger charge is 2.31. The first-order valence-corrected chi connectivity index (χ1v) is 10.1. The van der Waals surface area contributed by atoms with Gasteiger partial charge in [0.15, 0.2) is 6.23 Å². The first kappa shape index (κ1) is 19.8. The van der Waals surface area contributed by atoms with E-state index in [2.05, 4.69) is 39.6 Å². The molecule has 2 saturated heterocycles. The molecule has 0 aromatic heterocycles. The summed E-state index contributed by atoms with van der Waals surface area (Å²) >= 11 is 0. The number of carbonyl (C=O) groups excluding carboxylic acids is 1. The molecular weight excluding hydrogens is 360 g/mol. The van der Waals surface area contributed by atoms with Crippen LogP contribution in [0, 0.1) is 5.92 Å². The molecule has 4 rings (SSSR count). The molecule has 1 aromatic carbocycles. The fraction of sp³-hybridized carbons (Fsp3) is 0.650. The van der Waals surface area contributed by atoms with Crippen LogP contribution in [0.25, 0.3) is 0 Å². The molecule has 0 saturated carbocycles. The largest absolute Gasteiger partial charge is 0.396 e. The third-order valence-electron chi connectivity index (χ3n) is 5.98. The Balaban J connectivity index is 1.38. The summed E-state index contributed by atoms with van der Waals surface area (Å²) in [6.45, 7) is 1.41. The third-order valence-corrected chi connectivity index (χ3v) is 5.98. The quantitative estimate of drug-likeness (QED) is 0.474. The summed E-state index contributed by atoms with van der Waals surface area (Å²) in [5, 5.41) is 19.2. The number of fused-ring (bicyclic) bond motifs is 1. The maximum Gasteiger partial charge on any atom is 0.237 e. The van der Waals surface area contributed by atoms with Gasteiger partial charge in [-0.15, -0.1) is 0 Å². The number of methoxy groups -OCH3 is 1. The minimum absolute atomic E-state index is 0.0370. The standard InChI is InChI=1S/C20H30N4O4/c1-27-11-18-23-19(24-28-18)14-2-4-15-13(9-14)3-5-16(15)22-20(26)17-8-12(10-25)6-7-21-17/h2,4,9,12,16-19,21,23-25H,3,5-8,10-11H2,1H3,(H,22,26)/t12?,16-,17?,18?,19?/m1/s1. The Bertz CT molecular complexity index is 701. The molecule has 0 bridgehead atoms. The minimum Gasteiger partial charge on any atom is -0.396 e. The van der Waals surface area contributed by atoms with Gasteiger partial charge in [0.05, 0.1) is 18.7 Å². The lowest BCUT2D eigenvalue weighted by atomic mass is 9.92. The lowest BCUT2D eigenvalue weighted by Gasteiger charge is -2.29. The van der Waals surface area contributed by atoms with Crippen molar-refractivity contribution in [3.05, 3.63) is 34.9 Å². The molecule has 3 aliphatic rings. The highest BCUT2D eigenvalue weighted by atomic mass is 16.7. The van der Waals surface area contributed by atoms with Gasteiger partial charge in [-0.25, -0.2) is 0 Å². The molecule has 154 valence electrons. The van der Waals surface area contributed by atoms with E-state index in [0.29, 0.717) is 13.0 Å². The van der Waals surface area contributed by atoms with Crippen molar-refractivity contribution >= 4 is 5.91 Å². The Labute approximate surface area is 165 Å². The Kier molecular flexibility index (Phi) is 6.25. The molecule has 2 heterocycles. The van der Waals surface area contributed by atoms with Crippen molar-refractivity contribution in [2.45, 2.75) is 50.2 Å². The number of aryl methyl sites for hydroxylation is 1. The maximum atomic E-state index is 12.7. The second kappa shape index (κ2) is 8.86. The first-order chi connectivity index (χ1) is 13.7. The molecule has 0 radical (unpaired) electrons. The van der Waals surface area contributed by atoms with Crippen molar-refractivity contribution in [2.24, 2.45) is 5.92 Å². The molecular formula is C20H30N4O4. The number of amides is 1. The number of aliphatic hydroxyl groups excluding tert-OH is 1. The summed E-state index contributed by atoms with van der Waals surface area (Å²) in [5.41, 5.74) is 6.58. The third kappa shape index (κ3) is 4.22. The summed E-state index contributed by atoms with van der Waals surface area (Å²) in [6, 6.07) is 6.21. The molecule has 8 heteroatoms. The topological polar surface area (TPSA) is 104 Å². The molecule has 1 aromatic rings. The van der Waals surface area contributed by atoms with Crippen LogP contribution in [0.15, 0.2) is 18.2 Å². The van der Waals surface area contributed by atoms with E-state index in [0.717, 1.165) is 31.4 Å². The SMILES string of the molecule is COCC1NC(c2ccc3c(c2)CC[C@H]3NC(=O)C2CC(CO)CCN2)NO1. The van der Waals surface area contributed by atoms with E-state index in [1.807, 2.05) is 0 Å². The van der Waals surface area contributed by atoms with Crippen LogP contribution in [0.2, 0.25) is 0 Å². The van der Waals surface area contributed by atoms with Gasteiger partial charge in [0.25, 0.3) is 0 Å². The van der Waals surface area contributed by atoms with Crippen molar-refractivity contribution in [3.8, 4) is 0 Å². The second-order valence-electron chi connectivity index (χ2n) is 7.92. The molecule has 5 N–H and O–H groups in total. The zero-order chi connectivity index (χ0) is 19.5. The van der Waals surface area contributed by atoms with Crippen LogP contribution in [0.1, 0.15) is 48.2 Å². The molecule has 2 fully saturated rings. The summed E-state index contributed by atoms with van der Waals surface area (Å²) in [6.07, 6.45) is 3.24. The average molecular weight is 390 g/mol. The number of benzene rings is 1. The van der Waals surface area contributed by atoms with Crippen molar-refractivity contribution in [1.82, 2.24) is 21.4 Å². The zero-order valence-electron chi connectivity index (χ0n) is 16.2. The molecule has 5 atom stereocenters. The second-order valence-corrected chi connectivity index (χ2v) is 7.92. The van der Waals surface area contributed by atoms with Crippen LogP contribution >= 0.6 is 0 Å². The summed E-state index contributed by atoms with van der Waals surface area (Å²) in [4.78, 5) is 18.2. The van der Waals surface area contributed by atoms with Crippen LogP contribution in [-0.2, 0) is 20.8 Å². The van der Waals surface area contributed by atoms with Crippen LogP contribution in [0.3, 0.4) is 0 Å². The highest BCUT2D eigenvalue weighted by Crippen LogP contribution is 2.33. The number of hydroxylamine groups is 1. The van der Waals surface area contributed by atoms with Gasteiger partial charge >= 0.3 is 0 Å². The lowest BCUT2D eigenvalue weighted by Crippen LogP contribution is -2.49. The molecule has 2 aliphatic heterocycles. The first-order valence-electron chi connectivity index (χ1n) is 10.1. The fourth-order valence-electron chi connectivity index (χ4n) is 4.40. The van der Waals surface area contributed by atoms with Crippen LogP contribution < -0.4 is 21.4 Å². The number of ether oxygens (including phenoxy) is 1. The number of hydrogen-bond acceptors (Lipinski definition) is 7. The summed E-state index contributed by atoms with van der Waals surface area (Å²) in [5.74, 6) is 0.251. The van der Waals surface area contributed by atoms with E-state index < -0.39 is 0 Å². The van der Waals surface area contributed by atoms with Crippen molar-refractivity contribution in [3.63, 3.8) is 0 Å². The summed E-state index contributed by atoms with van der Waals surface area (Å²) in [7, 11) is 1.65. The monoisotopic (exact) mass is 390 g/mol. The van der Waals surface area contributed by atoms with Gasteiger partial charge < -0.3 is 20.5 Å². The molecule has 1 aliphatic carbocycles. The van der Waals surface area contributed by atoms with E-state index in [1.54, 1.807) is 7.11 Å². The Morgan fingerprint density at radius 3 is 3.11 bits per heavy atom. The van der Waals surface area contributed by atoms with E-state index in [1.165, 1.54) is 11.1 Å². The highest BCUT2D eigenvalue weighted by molar-refractivity contribution is 5.82. The van der Waals surface area contributed by atoms with Crippen molar-refractivity contribution in [1.29, 1.82) is 0 Å². The normalized spacial score (nSPS) is 32.3. The van der Waals surface area contributed by atoms with Gasteiger partial charge in [0.2, 0.25) is 5.91 Å². The zero-order valence-corrected chi connectivity index (χ0v) is 16.2. The average Bonchev–Trinajstić information content (AvgIpc) is 3.35. The van der Waals surface area contributed by atoms with Gasteiger partial charge in [0, 0.05) is 13.7 Å². The molecule has 4 unspecified atom stereocenters. The van der Waals surface area contributed by atoms with Crippen molar-refractivity contribution in [2.75, 3.05) is 26.9 Å². The van der Waals surface area contributed by atoms with E-state index in [4.69, 9.17) is 9.57 Å². The minimum atomic E-state index is -0.212. The van der Waals surface area contributed by atoms with E-state index in [-0.39, 0.29) is 42.9 Å². The smallest absolute Gasteiger partial charge is 0.237 e. The molecule has 0 spiro atoms. The van der Waals surface area contributed by atoms with Crippen LogP contribution in [-0.4, -0.2) is 50.2 Å². The predicted octanol–water partition coefficient (Wildman–Crippen LogP) is 0.246. The number of hydrogen-bond donors (Lipinski definition) is 5. The fourth-order valence-corrected chi connectivity index (χ4v) is 4.40. The van der Waals surface area contributed by atoms with Gasteiger partial charge in [-0.3, -0.25) is 14.9 Å². The number of carbonyl (C=O) groups is 1. The molecule has 8 nitrogen and oxygen atoms in total. The Hall–Kier alpha value is -1.55. The number of aliphatic hydroxyl groups is 1. The van der Waals surface area contributed by atoms with Gasteiger partial charge in [-0.1, -0.05) is 18.2 Å². The Morgan fingerprint density at radius 1 is 1.39 bits per heavy atom. The van der Waals surface area contributed by atoms with Gasteiger partial charge in [-0.05, 0) is 54.8 Å². The van der Waals surface area contributed by atoms with Crippen LogP contribution in [0.5, 0.6) is 0 Å². The van der Waals surface area contributed by atoms with E-state index >= 15 is 0 Å².